The Bertz CT molecular complexity index is 1220. The van der Waals surface area contributed by atoms with Gasteiger partial charge in [0.05, 0.1) is 10.5 Å². The highest BCUT2D eigenvalue weighted by molar-refractivity contribution is 7.92. The van der Waals surface area contributed by atoms with Crippen LogP contribution in [0.1, 0.15) is 35.3 Å². The van der Waals surface area contributed by atoms with E-state index in [9.17, 15) is 13.2 Å². The molecule has 3 aromatic rings. The number of benzene rings is 3. The summed E-state index contributed by atoms with van der Waals surface area (Å²) >= 11 is 0. The molecule has 0 saturated carbocycles. The number of nitrogens with one attached hydrogen (secondary N) is 2. The Kier molecular flexibility index (Phi) is 6.19. The minimum absolute atomic E-state index is 0.0397. The van der Waals surface area contributed by atoms with Crippen LogP contribution in [0.2, 0.25) is 0 Å². The number of carbonyl (C=O) groups excluding carboxylic acids is 1. The first-order valence-electron chi connectivity index (χ1n) is 10.7. The average molecular weight is 450 g/mol. The van der Waals surface area contributed by atoms with Crippen molar-refractivity contribution >= 4 is 27.3 Å². The SMILES string of the molecule is CC(C)NC(=O)c1cc(NS(=O)(=O)c2ccccc2)ccc1N1CCc2ccccc2C1. The third-order valence-corrected chi connectivity index (χ3v) is 6.84. The lowest BCUT2D eigenvalue weighted by Crippen LogP contribution is -2.35. The van der Waals surface area contributed by atoms with Gasteiger partial charge in [0.15, 0.2) is 0 Å². The molecular weight excluding hydrogens is 422 g/mol. The first-order chi connectivity index (χ1) is 15.3. The van der Waals surface area contributed by atoms with E-state index in [4.69, 9.17) is 0 Å². The summed E-state index contributed by atoms with van der Waals surface area (Å²) < 4.78 is 28.1. The van der Waals surface area contributed by atoms with Gasteiger partial charge in [-0.2, -0.15) is 0 Å². The summed E-state index contributed by atoms with van der Waals surface area (Å²) in [5.41, 5.74) is 4.16. The highest BCUT2D eigenvalue weighted by Gasteiger charge is 2.23. The summed E-state index contributed by atoms with van der Waals surface area (Å²) in [6.45, 7) is 5.29. The van der Waals surface area contributed by atoms with Gasteiger partial charge in [-0.05, 0) is 61.7 Å². The first kappa shape index (κ1) is 21.9. The van der Waals surface area contributed by atoms with Gasteiger partial charge in [0.1, 0.15) is 0 Å². The number of rotatable bonds is 6. The minimum Gasteiger partial charge on any atom is -0.366 e. The maximum atomic E-state index is 13.0. The zero-order valence-electron chi connectivity index (χ0n) is 18.2. The lowest BCUT2D eigenvalue weighted by molar-refractivity contribution is 0.0943. The first-order valence-corrected chi connectivity index (χ1v) is 12.2. The van der Waals surface area contributed by atoms with Crippen molar-refractivity contribution in [3.63, 3.8) is 0 Å². The van der Waals surface area contributed by atoms with Crippen molar-refractivity contribution in [2.75, 3.05) is 16.2 Å². The summed E-state index contributed by atoms with van der Waals surface area (Å²) in [6.07, 6.45) is 0.893. The Morgan fingerprint density at radius 3 is 2.34 bits per heavy atom. The molecule has 3 aromatic carbocycles. The van der Waals surface area contributed by atoms with Gasteiger partial charge in [-0.1, -0.05) is 42.5 Å². The van der Waals surface area contributed by atoms with E-state index in [1.165, 1.54) is 23.3 Å². The maximum Gasteiger partial charge on any atom is 0.261 e. The van der Waals surface area contributed by atoms with Crippen LogP contribution in [0.15, 0.2) is 77.7 Å². The summed E-state index contributed by atoms with van der Waals surface area (Å²) in [4.78, 5) is 15.4. The molecule has 7 heteroatoms. The second kappa shape index (κ2) is 9.04. The third-order valence-electron chi connectivity index (χ3n) is 5.44. The largest absolute Gasteiger partial charge is 0.366 e. The zero-order chi connectivity index (χ0) is 22.7. The van der Waals surface area contributed by atoms with Crippen LogP contribution in [0.4, 0.5) is 11.4 Å². The number of fused-ring (bicyclic) bond motifs is 1. The Labute approximate surface area is 189 Å². The molecule has 166 valence electrons. The van der Waals surface area contributed by atoms with Gasteiger partial charge in [-0.15, -0.1) is 0 Å². The predicted octanol–water partition coefficient (Wildman–Crippen LogP) is 4.19. The van der Waals surface area contributed by atoms with Crippen molar-refractivity contribution in [1.29, 1.82) is 0 Å². The molecule has 1 amide bonds. The topological polar surface area (TPSA) is 78.5 Å². The van der Waals surface area contributed by atoms with Gasteiger partial charge < -0.3 is 10.2 Å². The average Bonchev–Trinajstić information content (AvgIpc) is 2.78. The van der Waals surface area contributed by atoms with Gasteiger partial charge in [-0.25, -0.2) is 8.42 Å². The summed E-state index contributed by atoms with van der Waals surface area (Å²) in [7, 11) is -3.75. The molecular formula is C25H27N3O3S. The monoisotopic (exact) mass is 449 g/mol. The molecule has 0 bridgehead atoms. The van der Waals surface area contributed by atoms with E-state index in [0.717, 1.165) is 18.7 Å². The van der Waals surface area contributed by atoms with E-state index < -0.39 is 10.0 Å². The molecule has 1 aliphatic rings. The molecule has 6 nitrogen and oxygen atoms in total. The predicted molar refractivity (Wildman–Crippen MR) is 127 cm³/mol. The quantitative estimate of drug-likeness (QED) is 0.592. The molecule has 32 heavy (non-hydrogen) atoms. The van der Waals surface area contributed by atoms with Gasteiger partial charge in [0, 0.05) is 30.5 Å². The van der Waals surface area contributed by atoms with Crippen molar-refractivity contribution in [2.24, 2.45) is 0 Å². The summed E-state index contributed by atoms with van der Waals surface area (Å²) in [5.74, 6) is -0.227. The number of carbonyl (C=O) groups is 1. The van der Waals surface area contributed by atoms with Crippen LogP contribution in [0.5, 0.6) is 0 Å². The van der Waals surface area contributed by atoms with Crippen LogP contribution in [-0.2, 0) is 23.0 Å². The van der Waals surface area contributed by atoms with E-state index >= 15 is 0 Å². The molecule has 2 N–H and O–H groups in total. The highest BCUT2D eigenvalue weighted by Crippen LogP contribution is 2.30. The molecule has 0 aliphatic carbocycles. The summed E-state index contributed by atoms with van der Waals surface area (Å²) in [5, 5.41) is 2.94. The van der Waals surface area contributed by atoms with Crippen molar-refractivity contribution in [3.05, 3.63) is 89.5 Å². The molecule has 0 atom stereocenters. The molecule has 0 unspecified atom stereocenters. The van der Waals surface area contributed by atoms with E-state index in [1.54, 1.807) is 30.3 Å². The lowest BCUT2D eigenvalue weighted by atomic mass is 9.98. The maximum absolute atomic E-state index is 13.0. The van der Waals surface area contributed by atoms with Crippen molar-refractivity contribution in [3.8, 4) is 0 Å². The second-order valence-corrected chi connectivity index (χ2v) is 9.90. The lowest BCUT2D eigenvalue weighted by Gasteiger charge is -2.32. The number of sulfonamides is 1. The Balaban J connectivity index is 1.68. The molecule has 1 aliphatic heterocycles. The van der Waals surface area contributed by atoms with Crippen LogP contribution < -0.4 is 14.9 Å². The second-order valence-electron chi connectivity index (χ2n) is 8.22. The van der Waals surface area contributed by atoms with Gasteiger partial charge in [0.2, 0.25) is 0 Å². The van der Waals surface area contributed by atoms with Gasteiger partial charge in [0.25, 0.3) is 15.9 Å². The number of anilines is 2. The van der Waals surface area contributed by atoms with Gasteiger partial charge in [-0.3, -0.25) is 9.52 Å². The fourth-order valence-corrected chi connectivity index (χ4v) is 4.98. The Hall–Kier alpha value is -3.32. The minimum atomic E-state index is -3.75. The van der Waals surface area contributed by atoms with Crippen molar-refractivity contribution in [2.45, 2.75) is 37.8 Å². The number of hydrogen-bond donors (Lipinski definition) is 2. The molecule has 0 aromatic heterocycles. The van der Waals surface area contributed by atoms with Crippen LogP contribution in [-0.4, -0.2) is 26.9 Å². The van der Waals surface area contributed by atoms with Crippen LogP contribution in [0.25, 0.3) is 0 Å². The van der Waals surface area contributed by atoms with Crippen LogP contribution in [0.3, 0.4) is 0 Å². The Morgan fingerprint density at radius 1 is 0.938 bits per heavy atom. The van der Waals surface area contributed by atoms with Crippen molar-refractivity contribution in [1.82, 2.24) is 5.32 Å². The molecule has 1 heterocycles. The highest BCUT2D eigenvalue weighted by atomic mass is 32.2. The normalized spacial score (nSPS) is 13.5. The molecule has 0 radical (unpaired) electrons. The number of amides is 1. The van der Waals surface area contributed by atoms with Crippen molar-refractivity contribution < 1.29 is 13.2 Å². The van der Waals surface area contributed by atoms with Crippen LogP contribution in [0, 0.1) is 0 Å². The van der Waals surface area contributed by atoms with E-state index in [2.05, 4.69) is 27.1 Å². The van der Waals surface area contributed by atoms with E-state index in [-0.39, 0.29) is 16.8 Å². The fourth-order valence-electron chi connectivity index (χ4n) is 3.91. The molecule has 0 saturated heterocycles. The standard InChI is InChI=1S/C25H27N3O3S/c1-18(2)26-25(29)23-16-21(27-32(30,31)22-10-4-3-5-11-22)12-13-24(23)28-15-14-19-8-6-7-9-20(19)17-28/h3-13,16,18,27H,14-15,17H2,1-2H3,(H,26,29). The number of hydrogen-bond acceptors (Lipinski definition) is 4. The number of nitrogens with zero attached hydrogens (tertiary/aromatic N) is 1. The fraction of sp³-hybridized carbons (Fsp3) is 0.240. The third kappa shape index (κ3) is 4.78. The molecule has 0 spiro atoms. The van der Waals surface area contributed by atoms with Crippen LogP contribution >= 0.6 is 0 Å². The smallest absolute Gasteiger partial charge is 0.261 e. The van der Waals surface area contributed by atoms with E-state index in [1.807, 2.05) is 32.0 Å². The molecule has 4 rings (SSSR count). The Morgan fingerprint density at radius 2 is 1.62 bits per heavy atom. The summed E-state index contributed by atoms with van der Waals surface area (Å²) in [6, 6.07) is 21.6. The van der Waals surface area contributed by atoms with E-state index in [0.29, 0.717) is 17.8 Å². The molecule has 0 fully saturated rings. The zero-order valence-corrected chi connectivity index (χ0v) is 19.0. The van der Waals surface area contributed by atoms with Gasteiger partial charge >= 0.3 is 0 Å².